The zero-order chi connectivity index (χ0) is 14.5. The molecule has 0 bridgehead atoms. The molecule has 0 aliphatic carbocycles. The fourth-order valence-corrected chi connectivity index (χ4v) is 2.28. The quantitative estimate of drug-likeness (QED) is 0.844. The van der Waals surface area contributed by atoms with Gasteiger partial charge in [0, 0.05) is 22.5 Å². The Kier molecular flexibility index (Phi) is 6.01. The second-order valence-electron chi connectivity index (χ2n) is 5.65. The number of benzene rings is 1. The minimum Gasteiger partial charge on any atom is -0.354 e. The summed E-state index contributed by atoms with van der Waals surface area (Å²) < 4.78 is 1.04. The molecule has 19 heavy (non-hydrogen) atoms. The van der Waals surface area contributed by atoms with Crippen LogP contribution in [0.15, 0.2) is 28.7 Å². The second kappa shape index (κ2) is 7.06. The number of carbonyl (C=O) groups is 1. The van der Waals surface area contributed by atoms with Crippen molar-refractivity contribution in [3.8, 4) is 0 Å². The minimum atomic E-state index is -0.371. The molecule has 1 aromatic carbocycles. The maximum Gasteiger partial charge on any atom is 0.223 e. The van der Waals surface area contributed by atoms with Crippen molar-refractivity contribution in [3.63, 3.8) is 0 Å². The van der Waals surface area contributed by atoms with Crippen molar-refractivity contribution < 1.29 is 4.79 Å². The van der Waals surface area contributed by atoms with E-state index in [-0.39, 0.29) is 17.4 Å². The molecule has 0 heterocycles. The molecule has 0 saturated carbocycles. The zero-order valence-corrected chi connectivity index (χ0v) is 13.5. The first-order valence-corrected chi connectivity index (χ1v) is 7.42. The summed E-state index contributed by atoms with van der Waals surface area (Å²) in [5.74, 6) is 0.0812. The summed E-state index contributed by atoms with van der Waals surface area (Å²) >= 11 is 3.45. The van der Waals surface area contributed by atoms with E-state index in [4.69, 9.17) is 5.73 Å². The summed E-state index contributed by atoms with van der Waals surface area (Å²) in [5, 5.41) is 2.93. The van der Waals surface area contributed by atoms with Crippen molar-refractivity contribution in [1.82, 2.24) is 5.32 Å². The highest BCUT2D eigenvalue weighted by molar-refractivity contribution is 9.10. The molecule has 1 unspecified atom stereocenters. The van der Waals surface area contributed by atoms with E-state index in [1.54, 1.807) is 0 Å². The molecular formula is C15H23BrN2O. The van der Waals surface area contributed by atoms with E-state index in [1.807, 2.05) is 39.0 Å². The SMILES string of the molecule is CCC(Cc1cccc(Br)c1)C(=O)NCC(C)(C)N. The van der Waals surface area contributed by atoms with Gasteiger partial charge in [0.2, 0.25) is 5.91 Å². The molecule has 3 N–H and O–H groups in total. The Balaban J connectivity index is 2.60. The number of hydrogen-bond acceptors (Lipinski definition) is 2. The van der Waals surface area contributed by atoms with Crippen molar-refractivity contribution in [1.29, 1.82) is 0 Å². The first kappa shape index (κ1) is 16.2. The van der Waals surface area contributed by atoms with Crippen molar-refractivity contribution in [2.45, 2.75) is 39.2 Å². The number of nitrogens with one attached hydrogen (secondary N) is 1. The van der Waals surface area contributed by atoms with Gasteiger partial charge in [-0.25, -0.2) is 0 Å². The fraction of sp³-hybridized carbons (Fsp3) is 0.533. The van der Waals surface area contributed by atoms with E-state index in [2.05, 4.69) is 27.3 Å². The van der Waals surface area contributed by atoms with Crippen LogP contribution in [0.3, 0.4) is 0 Å². The average Bonchev–Trinajstić information content (AvgIpc) is 2.32. The third kappa shape index (κ3) is 6.21. The molecule has 1 atom stereocenters. The van der Waals surface area contributed by atoms with Crippen LogP contribution in [0.25, 0.3) is 0 Å². The Bertz CT molecular complexity index is 426. The normalized spacial score (nSPS) is 13.1. The van der Waals surface area contributed by atoms with Crippen LogP contribution < -0.4 is 11.1 Å². The highest BCUT2D eigenvalue weighted by atomic mass is 79.9. The van der Waals surface area contributed by atoms with Crippen molar-refractivity contribution in [3.05, 3.63) is 34.3 Å². The predicted octanol–water partition coefficient (Wildman–Crippen LogP) is 2.87. The van der Waals surface area contributed by atoms with Crippen LogP contribution in [0.1, 0.15) is 32.8 Å². The Hall–Kier alpha value is -0.870. The van der Waals surface area contributed by atoms with E-state index in [0.29, 0.717) is 6.54 Å². The number of halogens is 1. The van der Waals surface area contributed by atoms with Gasteiger partial charge in [-0.15, -0.1) is 0 Å². The fourth-order valence-electron chi connectivity index (χ4n) is 1.83. The third-order valence-corrected chi connectivity index (χ3v) is 3.45. The molecule has 0 fully saturated rings. The number of amides is 1. The average molecular weight is 327 g/mol. The monoisotopic (exact) mass is 326 g/mol. The van der Waals surface area contributed by atoms with Gasteiger partial charge in [0.1, 0.15) is 0 Å². The van der Waals surface area contributed by atoms with E-state index >= 15 is 0 Å². The van der Waals surface area contributed by atoms with Crippen molar-refractivity contribution in [2.24, 2.45) is 11.7 Å². The number of rotatable bonds is 6. The molecule has 0 spiro atoms. The van der Waals surface area contributed by atoms with Crippen molar-refractivity contribution in [2.75, 3.05) is 6.54 Å². The maximum atomic E-state index is 12.1. The zero-order valence-electron chi connectivity index (χ0n) is 11.9. The van der Waals surface area contributed by atoms with Crippen LogP contribution in [-0.2, 0) is 11.2 Å². The molecule has 1 aromatic rings. The first-order chi connectivity index (χ1) is 8.81. The largest absolute Gasteiger partial charge is 0.354 e. The Labute approximate surface area is 124 Å². The van der Waals surface area contributed by atoms with Gasteiger partial charge in [-0.3, -0.25) is 4.79 Å². The lowest BCUT2D eigenvalue weighted by molar-refractivity contribution is -0.125. The standard InChI is InChI=1S/C15H23BrN2O/c1-4-12(14(19)18-10-15(2,3)17)8-11-6-5-7-13(16)9-11/h5-7,9,12H,4,8,10,17H2,1-3H3,(H,18,19). The maximum absolute atomic E-state index is 12.1. The van der Waals surface area contributed by atoms with E-state index in [0.717, 1.165) is 17.3 Å². The topological polar surface area (TPSA) is 55.1 Å². The third-order valence-electron chi connectivity index (χ3n) is 2.95. The molecule has 106 valence electrons. The van der Waals surface area contributed by atoms with Crippen LogP contribution in [0.4, 0.5) is 0 Å². The summed E-state index contributed by atoms with van der Waals surface area (Å²) in [7, 11) is 0. The van der Waals surface area contributed by atoms with Gasteiger partial charge >= 0.3 is 0 Å². The van der Waals surface area contributed by atoms with Gasteiger partial charge in [0.15, 0.2) is 0 Å². The van der Waals surface area contributed by atoms with Gasteiger partial charge in [0.05, 0.1) is 0 Å². The highest BCUT2D eigenvalue weighted by Crippen LogP contribution is 2.17. The Morgan fingerprint density at radius 2 is 2.16 bits per heavy atom. The molecule has 3 nitrogen and oxygen atoms in total. The smallest absolute Gasteiger partial charge is 0.223 e. The van der Waals surface area contributed by atoms with E-state index in [1.165, 1.54) is 5.56 Å². The van der Waals surface area contributed by atoms with Crippen LogP contribution in [0.2, 0.25) is 0 Å². The van der Waals surface area contributed by atoms with Crippen LogP contribution >= 0.6 is 15.9 Å². The predicted molar refractivity (Wildman–Crippen MR) is 82.9 cm³/mol. The molecule has 0 aliphatic heterocycles. The summed E-state index contributed by atoms with van der Waals surface area (Å²) in [4.78, 5) is 12.1. The molecule has 0 radical (unpaired) electrons. The molecule has 0 aromatic heterocycles. The lowest BCUT2D eigenvalue weighted by Crippen LogP contribution is -2.46. The van der Waals surface area contributed by atoms with Gasteiger partial charge in [0.25, 0.3) is 0 Å². The lowest BCUT2D eigenvalue weighted by Gasteiger charge is -2.21. The Morgan fingerprint density at radius 3 is 2.68 bits per heavy atom. The number of nitrogens with two attached hydrogens (primary N) is 1. The molecule has 1 rings (SSSR count). The molecule has 4 heteroatoms. The summed E-state index contributed by atoms with van der Waals surface area (Å²) in [6.45, 7) is 6.35. The minimum absolute atomic E-state index is 0.00310. The summed E-state index contributed by atoms with van der Waals surface area (Å²) in [5.41, 5.74) is 6.68. The van der Waals surface area contributed by atoms with Gasteiger partial charge in [-0.2, -0.15) is 0 Å². The van der Waals surface area contributed by atoms with E-state index < -0.39 is 0 Å². The highest BCUT2D eigenvalue weighted by Gasteiger charge is 2.19. The van der Waals surface area contributed by atoms with Gasteiger partial charge in [-0.05, 0) is 44.4 Å². The Morgan fingerprint density at radius 1 is 1.47 bits per heavy atom. The summed E-state index contributed by atoms with van der Waals surface area (Å²) in [6.07, 6.45) is 1.58. The summed E-state index contributed by atoms with van der Waals surface area (Å²) in [6, 6.07) is 8.09. The number of carbonyl (C=O) groups excluding carboxylic acids is 1. The number of hydrogen-bond donors (Lipinski definition) is 2. The van der Waals surface area contributed by atoms with E-state index in [9.17, 15) is 4.79 Å². The van der Waals surface area contributed by atoms with Crippen LogP contribution in [0.5, 0.6) is 0 Å². The van der Waals surface area contributed by atoms with Crippen LogP contribution in [0, 0.1) is 5.92 Å². The molecule has 1 amide bonds. The second-order valence-corrected chi connectivity index (χ2v) is 6.56. The van der Waals surface area contributed by atoms with Gasteiger partial charge < -0.3 is 11.1 Å². The molecular weight excluding hydrogens is 304 g/mol. The first-order valence-electron chi connectivity index (χ1n) is 6.63. The molecule has 0 aliphatic rings. The van der Waals surface area contributed by atoms with Crippen LogP contribution in [-0.4, -0.2) is 18.0 Å². The van der Waals surface area contributed by atoms with Crippen molar-refractivity contribution >= 4 is 21.8 Å². The molecule has 0 saturated heterocycles. The lowest BCUT2D eigenvalue weighted by atomic mass is 9.95. The van der Waals surface area contributed by atoms with Gasteiger partial charge in [-0.1, -0.05) is 35.0 Å².